The van der Waals surface area contributed by atoms with Crippen LogP contribution >= 0.6 is 24.0 Å². The van der Waals surface area contributed by atoms with E-state index in [0.29, 0.717) is 35.1 Å². The van der Waals surface area contributed by atoms with Gasteiger partial charge < -0.3 is 10.2 Å². The minimum absolute atomic E-state index is 0. The van der Waals surface area contributed by atoms with Crippen molar-refractivity contribution in [3.8, 4) is 0 Å². The third kappa shape index (κ3) is 6.19. The summed E-state index contributed by atoms with van der Waals surface area (Å²) in [5, 5.41) is 12.3. The van der Waals surface area contributed by atoms with Crippen molar-refractivity contribution in [2.24, 2.45) is 0 Å². The van der Waals surface area contributed by atoms with Gasteiger partial charge in [0, 0.05) is 37.0 Å². The second-order valence-electron chi connectivity index (χ2n) is 6.49. The van der Waals surface area contributed by atoms with Gasteiger partial charge in [-0.25, -0.2) is 10.5 Å². The Morgan fingerprint density at radius 2 is 1.90 bits per heavy atom. The number of nitrogens with zero attached hydrogens (tertiary/aromatic N) is 2. The van der Waals surface area contributed by atoms with E-state index in [-0.39, 0.29) is 24.4 Å². The standard InChI is InChI=1S/C20H21ClN4O3.ClH/c21-17-12-14(6-7-18(26)24-28)13-22-19(17)23-16-8-10-25(11-9-16)20(27)15-4-2-1-3-5-15;/h1-7,12-13,16,28H,8-11H2,(H,22,23)(H,24,26);1H. The van der Waals surface area contributed by atoms with E-state index in [1.807, 2.05) is 35.2 Å². The average Bonchev–Trinajstić information content (AvgIpc) is 2.74. The van der Waals surface area contributed by atoms with E-state index in [9.17, 15) is 9.59 Å². The summed E-state index contributed by atoms with van der Waals surface area (Å²) in [6.07, 6.45) is 5.87. The molecule has 1 aliphatic heterocycles. The Hall–Kier alpha value is -2.61. The van der Waals surface area contributed by atoms with E-state index < -0.39 is 5.91 Å². The monoisotopic (exact) mass is 436 g/mol. The normalized spacial score (nSPS) is 14.3. The number of carbonyl (C=O) groups is 2. The molecule has 0 saturated carbocycles. The fourth-order valence-corrected chi connectivity index (χ4v) is 3.27. The predicted molar refractivity (Wildman–Crippen MR) is 114 cm³/mol. The van der Waals surface area contributed by atoms with Crippen LogP contribution in [0.15, 0.2) is 48.7 Å². The Kier molecular flexibility index (Phi) is 8.45. The molecule has 9 heteroatoms. The molecule has 1 aliphatic rings. The molecule has 0 atom stereocenters. The van der Waals surface area contributed by atoms with Gasteiger partial charge in [-0.15, -0.1) is 12.4 Å². The zero-order chi connectivity index (χ0) is 19.9. The van der Waals surface area contributed by atoms with Gasteiger partial charge in [0.25, 0.3) is 11.8 Å². The second-order valence-corrected chi connectivity index (χ2v) is 6.89. The van der Waals surface area contributed by atoms with Gasteiger partial charge in [-0.2, -0.15) is 0 Å². The lowest BCUT2D eigenvalue weighted by atomic mass is 10.0. The molecule has 0 aliphatic carbocycles. The number of carbonyl (C=O) groups excluding carboxylic acids is 2. The molecule has 2 amide bonds. The highest BCUT2D eigenvalue weighted by molar-refractivity contribution is 6.33. The molecular formula is C20H22Cl2N4O3. The van der Waals surface area contributed by atoms with E-state index in [4.69, 9.17) is 16.8 Å². The second kappa shape index (κ2) is 10.8. The number of piperidine rings is 1. The van der Waals surface area contributed by atoms with Crippen molar-refractivity contribution in [1.29, 1.82) is 0 Å². The SMILES string of the molecule is Cl.O=C(C=Cc1cnc(NC2CCN(C(=O)c3ccccc3)CC2)c(Cl)c1)NO. The van der Waals surface area contributed by atoms with Crippen LogP contribution in [0.25, 0.3) is 6.08 Å². The highest BCUT2D eigenvalue weighted by Gasteiger charge is 2.24. The lowest BCUT2D eigenvalue weighted by molar-refractivity contribution is -0.124. The number of hydrogen-bond donors (Lipinski definition) is 3. The van der Waals surface area contributed by atoms with Crippen molar-refractivity contribution in [2.75, 3.05) is 18.4 Å². The van der Waals surface area contributed by atoms with E-state index in [1.165, 1.54) is 17.6 Å². The molecule has 0 radical (unpaired) electrons. The van der Waals surface area contributed by atoms with Crippen LogP contribution in [0.1, 0.15) is 28.8 Å². The topological polar surface area (TPSA) is 94.6 Å². The molecule has 7 nitrogen and oxygen atoms in total. The molecule has 1 aromatic heterocycles. The number of hydroxylamine groups is 1. The molecule has 29 heavy (non-hydrogen) atoms. The maximum atomic E-state index is 12.5. The largest absolute Gasteiger partial charge is 0.366 e. The molecule has 3 N–H and O–H groups in total. The van der Waals surface area contributed by atoms with Crippen molar-refractivity contribution in [3.63, 3.8) is 0 Å². The van der Waals surface area contributed by atoms with Crippen molar-refractivity contribution in [3.05, 3.63) is 64.8 Å². The van der Waals surface area contributed by atoms with Gasteiger partial charge >= 0.3 is 0 Å². The van der Waals surface area contributed by atoms with E-state index in [2.05, 4.69) is 10.3 Å². The number of pyridine rings is 1. The summed E-state index contributed by atoms with van der Waals surface area (Å²) in [7, 11) is 0. The van der Waals surface area contributed by atoms with E-state index in [0.717, 1.165) is 12.8 Å². The average molecular weight is 437 g/mol. The lowest BCUT2D eigenvalue weighted by Crippen LogP contribution is -2.42. The third-order valence-electron chi connectivity index (χ3n) is 4.54. The molecule has 1 saturated heterocycles. The summed E-state index contributed by atoms with van der Waals surface area (Å²) in [4.78, 5) is 29.7. The number of nitrogens with one attached hydrogen (secondary N) is 2. The van der Waals surface area contributed by atoms with Gasteiger partial charge in [-0.3, -0.25) is 14.8 Å². The molecule has 3 rings (SSSR count). The van der Waals surface area contributed by atoms with Gasteiger partial charge in [-0.05, 0) is 42.7 Å². The van der Waals surface area contributed by atoms with Crippen LogP contribution in [-0.4, -0.2) is 46.0 Å². The number of hydrogen-bond acceptors (Lipinski definition) is 5. The van der Waals surface area contributed by atoms with Gasteiger partial charge in [-0.1, -0.05) is 29.8 Å². The number of aromatic nitrogens is 1. The number of rotatable bonds is 5. The minimum Gasteiger partial charge on any atom is -0.366 e. The number of amides is 2. The van der Waals surface area contributed by atoms with Crippen LogP contribution in [0.2, 0.25) is 5.02 Å². The maximum Gasteiger partial charge on any atom is 0.267 e. The van der Waals surface area contributed by atoms with Crippen LogP contribution in [0.4, 0.5) is 5.82 Å². The van der Waals surface area contributed by atoms with Crippen molar-refractivity contribution >= 4 is 47.7 Å². The predicted octanol–water partition coefficient (Wildman–Crippen LogP) is 3.39. The molecule has 154 valence electrons. The Balaban J connectivity index is 0.00000300. The smallest absolute Gasteiger partial charge is 0.267 e. The fourth-order valence-electron chi connectivity index (χ4n) is 3.04. The number of likely N-dealkylation sites (tertiary alicyclic amines) is 1. The number of halogens is 2. The fraction of sp³-hybridized carbons (Fsp3) is 0.250. The first kappa shape index (κ1) is 22.7. The van der Waals surface area contributed by atoms with Gasteiger partial charge in [0.15, 0.2) is 0 Å². The minimum atomic E-state index is -0.630. The van der Waals surface area contributed by atoms with Crippen LogP contribution in [-0.2, 0) is 4.79 Å². The molecule has 0 unspecified atom stereocenters. The summed E-state index contributed by atoms with van der Waals surface area (Å²) in [5.41, 5.74) is 2.86. The Labute approximate surface area is 180 Å². The summed E-state index contributed by atoms with van der Waals surface area (Å²) in [5.74, 6) is -0.00772. The Morgan fingerprint density at radius 1 is 1.21 bits per heavy atom. The van der Waals surface area contributed by atoms with Crippen molar-refractivity contribution in [1.82, 2.24) is 15.4 Å². The zero-order valence-electron chi connectivity index (χ0n) is 15.5. The summed E-state index contributed by atoms with van der Waals surface area (Å²) >= 11 is 6.28. The third-order valence-corrected chi connectivity index (χ3v) is 4.83. The van der Waals surface area contributed by atoms with Crippen LogP contribution < -0.4 is 10.8 Å². The summed E-state index contributed by atoms with van der Waals surface area (Å²) in [6, 6.07) is 11.1. The first-order chi connectivity index (χ1) is 13.6. The first-order valence-corrected chi connectivity index (χ1v) is 9.33. The molecular weight excluding hydrogens is 415 g/mol. The highest BCUT2D eigenvalue weighted by Crippen LogP contribution is 2.24. The van der Waals surface area contributed by atoms with Crippen molar-refractivity contribution < 1.29 is 14.8 Å². The molecule has 0 bridgehead atoms. The highest BCUT2D eigenvalue weighted by atomic mass is 35.5. The number of anilines is 1. The van der Waals surface area contributed by atoms with Gasteiger partial charge in [0.1, 0.15) is 5.82 Å². The molecule has 2 heterocycles. The summed E-state index contributed by atoms with van der Waals surface area (Å²) < 4.78 is 0. The molecule has 1 fully saturated rings. The van der Waals surface area contributed by atoms with Crippen LogP contribution in [0, 0.1) is 0 Å². The van der Waals surface area contributed by atoms with E-state index >= 15 is 0 Å². The van der Waals surface area contributed by atoms with Gasteiger partial charge in [0.2, 0.25) is 0 Å². The van der Waals surface area contributed by atoms with Crippen LogP contribution in [0.3, 0.4) is 0 Å². The quantitative estimate of drug-likeness (QED) is 0.379. The van der Waals surface area contributed by atoms with Crippen molar-refractivity contribution in [2.45, 2.75) is 18.9 Å². The van der Waals surface area contributed by atoms with Gasteiger partial charge in [0.05, 0.1) is 5.02 Å². The zero-order valence-corrected chi connectivity index (χ0v) is 17.1. The summed E-state index contributed by atoms with van der Waals surface area (Å²) in [6.45, 7) is 1.33. The molecule has 2 aromatic rings. The molecule has 0 spiro atoms. The molecule has 1 aromatic carbocycles. The number of benzene rings is 1. The first-order valence-electron chi connectivity index (χ1n) is 8.95. The van der Waals surface area contributed by atoms with E-state index in [1.54, 1.807) is 12.3 Å². The van der Waals surface area contributed by atoms with Crippen LogP contribution in [0.5, 0.6) is 0 Å². The maximum absolute atomic E-state index is 12.5. The Morgan fingerprint density at radius 3 is 2.52 bits per heavy atom. The Bertz CT molecular complexity index is 869. The lowest BCUT2D eigenvalue weighted by Gasteiger charge is -2.32.